The fraction of sp³-hybridized carbons (Fsp3) is 0.389. The average molecular weight is 302 g/mol. The molecule has 22 heavy (non-hydrogen) atoms. The van der Waals surface area contributed by atoms with Gasteiger partial charge in [-0.2, -0.15) is 0 Å². The number of benzene rings is 1. The number of hydrogen-bond acceptors (Lipinski definition) is 3. The first kappa shape index (κ1) is 16.6. The average Bonchev–Trinajstić information content (AvgIpc) is 2.53. The van der Waals surface area contributed by atoms with Gasteiger partial charge in [0.15, 0.2) is 0 Å². The second-order valence-corrected chi connectivity index (χ2v) is 5.76. The van der Waals surface area contributed by atoms with E-state index < -0.39 is 5.60 Å². The van der Waals surface area contributed by atoms with Crippen LogP contribution in [0.4, 0.5) is 4.39 Å². The molecular formula is C18H23FN2O. The minimum atomic E-state index is -1.06. The van der Waals surface area contributed by atoms with Gasteiger partial charge in [0.05, 0.1) is 11.3 Å². The van der Waals surface area contributed by atoms with Crippen molar-refractivity contribution in [3.8, 4) is 0 Å². The lowest BCUT2D eigenvalue weighted by Crippen LogP contribution is -2.37. The quantitative estimate of drug-likeness (QED) is 0.822. The highest BCUT2D eigenvalue weighted by molar-refractivity contribution is 5.23. The van der Waals surface area contributed by atoms with Crippen LogP contribution in [0.15, 0.2) is 48.7 Å². The number of nitrogens with zero attached hydrogens (tertiary/aromatic N) is 1. The second kappa shape index (κ2) is 7.47. The van der Waals surface area contributed by atoms with Crippen LogP contribution in [0.5, 0.6) is 0 Å². The largest absolute Gasteiger partial charge is 0.384 e. The molecule has 0 aliphatic carbocycles. The molecule has 2 atom stereocenters. The Kier molecular flexibility index (Phi) is 5.63. The first-order chi connectivity index (χ1) is 10.5. The summed E-state index contributed by atoms with van der Waals surface area (Å²) < 4.78 is 13.0. The third kappa shape index (κ3) is 4.36. The molecule has 2 aromatic rings. The SMILES string of the molecule is CCCC(NCC(C)(O)c1ccc(F)cc1)c1ccccn1. The zero-order valence-electron chi connectivity index (χ0n) is 13.1. The molecule has 1 heterocycles. The van der Waals surface area contributed by atoms with Crippen LogP contribution in [0.25, 0.3) is 0 Å². The molecule has 0 spiro atoms. The second-order valence-electron chi connectivity index (χ2n) is 5.76. The number of halogens is 1. The van der Waals surface area contributed by atoms with Crippen LogP contribution >= 0.6 is 0 Å². The van der Waals surface area contributed by atoms with E-state index in [9.17, 15) is 9.50 Å². The molecule has 0 aliphatic heterocycles. The third-order valence-corrected chi connectivity index (χ3v) is 3.78. The van der Waals surface area contributed by atoms with Crippen LogP contribution in [0.1, 0.15) is 44.0 Å². The molecular weight excluding hydrogens is 279 g/mol. The fourth-order valence-corrected chi connectivity index (χ4v) is 2.46. The minimum absolute atomic E-state index is 0.0955. The summed E-state index contributed by atoms with van der Waals surface area (Å²) in [5, 5.41) is 14.0. The van der Waals surface area contributed by atoms with E-state index in [2.05, 4.69) is 17.2 Å². The van der Waals surface area contributed by atoms with Gasteiger partial charge in [-0.1, -0.05) is 31.5 Å². The van der Waals surface area contributed by atoms with E-state index in [1.807, 2.05) is 18.2 Å². The molecule has 118 valence electrons. The maximum Gasteiger partial charge on any atom is 0.123 e. The lowest BCUT2D eigenvalue weighted by molar-refractivity contribution is 0.0531. The number of rotatable bonds is 7. The molecule has 1 aromatic heterocycles. The number of nitrogens with one attached hydrogen (secondary N) is 1. The maximum absolute atomic E-state index is 13.0. The van der Waals surface area contributed by atoms with E-state index in [1.165, 1.54) is 12.1 Å². The van der Waals surface area contributed by atoms with Crippen LogP contribution in [0.2, 0.25) is 0 Å². The highest BCUT2D eigenvalue weighted by Crippen LogP contribution is 2.23. The Balaban J connectivity index is 2.06. The van der Waals surface area contributed by atoms with Gasteiger partial charge in [-0.3, -0.25) is 4.98 Å². The highest BCUT2D eigenvalue weighted by Gasteiger charge is 2.24. The molecule has 0 fully saturated rings. The van der Waals surface area contributed by atoms with Gasteiger partial charge in [0.25, 0.3) is 0 Å². The Morgan fingerprint density at radius 1 is 1.23 bits per heavy atom. The summed E-state index contributed by atoms with van der Waals surface area (Å²) in [6.45, 7) is 4.23. The van der Waals surface area contributed by atoms with E-state index >= 15 is 0 Å². The fourth-order valence-electron chi connectivity index (χ4n) is 2.46. The Labute approximate surface area is 131 Å². The van der Waals surface area contributed by atoms with Gasteiger partial charge in [-0.25, -0.2) is 4.39 Å². The molecule has 0 amide bonds. The van der Waals surface area contributed by atoms with Crippen molar-refractivity contribution in [2.75, 3.05) is 6.54 Å². The van der Waals surface area contributed by atoms with E-state index in [1.54, 1.807) is 25.3 Å². The third-order valence-electron chi connectivity index (χ3n) is 3.78. The van der Waals surface area contributed by atoms with Gasteiger partial charge >= 0.3 is 0 Å². The van der Waals surface area contributed by atoms with E-state index in [4.69, 9.17) is 0 Å². The van der Waals surface area contributed by atoms with Crippen LogP contribution in [0, 0.1) is 5.82 Å². The topological polar surface area (TPSA) is 45.1 Å². The molecule has 2 rings (SSSR count). The minimum Gasteiger partial charge on any atom is -0.384 e. The summed E-state index contributed by atoms with van der Waals surface area (Å²) in [5.74, 6) is -0.301. The van der Waals surface area contributed by atoms with Crippen molar-refractivity contribution in [3.05, 3.63) is 65.7 Å². The maximum atomic E-state index is 13.0. The van der Waals surface area contributed by atoms with Gasteiger partial charge in [0, 0.05) is 18.8 Å². The Morgan fingerprint density at radius 2 is 1.95 bits per heavy atom. The number of pyridine rings is 1. The highest BCUT2D eigenvalue weighted by atomic mass is 19.1. The van der Waals surface area contributed by atoms with Crippen LogP contribution < -0.4 is 5.32 Å². The van der Waals surface area contributed by atoms with E-state index in [0.29, 0.717) is 12.1 Å². The monoisotopic (exact) mass is 302 g/mol. The molecule has 0 radical (unpaired) electrons. The molecule has 0 aliphatic rings. The number of aromatic nitrogens is 1. The van der Waals surface area contributed by atoms with Crippen LogP contribution in [-0.4, -0.2) is 16.6 Å². The molecule has 0 saturated carbocycles. The molecule has 0 bridgehead atoms. The van der Waals surface area contributed by atoms with Crippen molar-refractivity contribution in [1.82, 2.24) is 10.3 Å². The van der Waals surface area contributed by atoms with Crippen LogP contribution in [0.3, 0.4) is 0 Å². The lowest BCUT2D eigenvalue weighted by Gasteiger charge is -2.27. The van der Waals surface area contributed by atoms with Gasteiger partial charge < -0.3 is 10.4 Å². The van der Waals surface area contributed by atoms with Gasteiger partial charge in [-0.05, 0) is 43.2 Å². The zero-order valence-corrected chi connectivity index (χ0v) is 13.1. The Morgan fingerprint density at radius 3 is 2.55 bits per heavy atom. The standard InChI is InChI=1S/C18H23FN2O/c1-3-6-16(17-7-4-5-12-20-17)21-13-18(2,22)14-8-10-15(19)11-9-14/h4-5,7-12,16,21-22H,3,6,13H2,1-2H3. The molecule has 0 saturated heterocycles. The first-order valence-corrected chi connectivity index (χ1v) is 7.65. The molecule has 1 aromatic carbocycles. The van der Waals surface area contributed by atoms with Crippen molar-refractivity contribution in [3.63, 3.8) is 0 Å². The summed E-state index contributed by atoms with van der Waals surface area (Å²) in [6, 6.07) is 11.9. The molecule has 2 N–H and O–H groups in total. The van der Waals surface area contributed by atoms with Gasteiger partial charge in [-0.15, -0.1) is 0 Å². The Hall–Kier alpha value is -1.78. The molecule has 4 heteroatoms. The van der Waals surface area contributed by atoms with E-state index in [0.717, 1.165) is 18.5 Å². The molecule has 3 nitrogen and oxygen atoms in total. The van der Waals surface area contributed by atoms with E-state index in [-0.39, 0.29) is 11.9 Å². The first-order valence-electron chi connectivity index (χ1n) is 7.65. The zero-order chi connectivity index (χ0) is 16.0. The number of aliphatic hydroxyl groups is 1. The van der Waals surface area contributed by atoms with Crippen LogP contribution in [-0.2, 0) is 5.60 Å². The van der Waals surface area contributed by atoms with Crippen molar-refractivity contribution < 1.29 is 9.50 Å². The summed E-state index contributed by atoms with van der Waals surface area (Å²) in [4.78, 5) is 4.39. The van der Waals surface area contributed by atoms with Crippen molar-refractivity contribution in [2.45, 2.75) is 38.3 Å². The lowest BCUT2D eigenvalue weighted by atomic mass is 9.95. The van der Waals surface area contributed by atoms with Crippen molar-refractivity contribution in [1.29, 1.82) is 0 Å². The Bertz CT molecular complexity index is 569. The normalized spacial score (nSPS) is 15.3. The predicted octanol–water partition coefficient (Wildman–Crippen LogP) is 3.56. The molecule has 2 unspecified atom stereocenters. The predicted molar refractivity (Wildman–Crippen MR) is 85.9 cm³/mol. The smallest absolute Gasteiger partial charge is 0.123 e. The van der Waals surface area contributed by atoms with Crippen molar-refractivity contribution in [2.24, 2.45) is 0 Å². The van der Waals surface area contributed by atoms with Gasteiger partial charge in [0.1, 0.15) is 5.82 Å². The summed E-state index contributed by atoms with van der Waals surface area (Å²) >= 11 is 0. The summed E-state index contributed by atoms with van der Waals surface area (Å²) in [5.41, 5.74) is 0.603. The summed E-state index contributed by atoms with van der Waals surface area (Å²) in [6.07, 6.45) is 3.74. The summed E-state index contributed by atoms with van der Waals surface area (Å²) in [7, 11) is 0. The number of hydrogen-bond donors (Lipinski definition) is 2. The van der Waals surface area contributed by atoms with Gasteiger partial charge in [0.2, 0.25) is 0 Å². The van der Waals surface area contributed by atoms with Crippen molar-refractivity contribution >= 4 is 0 Å².